The van der Waals surface area contributed by atoms with Crippen LogP contribution in [-0.4, -0.2) is 23.8 Å². The van der Waals surface area contributed by atoms with Crippen molar-refractivity contribution in [1.82, 2.24) is 5.32 Å². The number of carbonyl (C=O) groups is 2. The molecule has 1 aromatic carbocycles. The Morgan fingerprint density at radius 2 is 1.64 bits per heavy atom. The second kappa shape index (κ2) is 6.97. The number of anilines is 1. The van der Waals surface area contributed by atoms with Crippen LogP contribution in [0.5, 0.6) is 5.75 Å². The molecule has 1 saturated carbocycles. The van der Waals surface area contributed by atoms with Gasteiger partial charge in [0, 0.05) is 0 Å². The first-order valence-electron chi connectivity index (χ1n) is 9.40. The topological polar surface area (TPSA) is 58.6 Å². The van der Waals surface area contributed by atoms with Crippen LogP contribution in [0.3, 0.4) is 0 Å². The maximum absolute atomic E-state index is 12.7. The number of hydrogen-bond acceptors (Lipinski definition) is 3. The number of benzene rings is 1. The molecule has 3 amide bonds. The molecule has 1 N–H and O–H groups in total. The largest absolute Gasteiger partial charge is 0.573 e. The molecule has 0 unspecified atom stereocenters. The summed E-state index contributed by atoms with van der Waals surface area (Å²) in [4.78, 5) is 26.4. The minimum atomic E-state index is -4.79. The standard InChI is InChI=1S/C20H25F3N2O3/c1-18(2,3)13-8-10-19(11-9-13)12-16(26)25(17(27)24-19)14-4-6-15(7-5-14)28-20(21,22)23/h4-7,13H,8-12H2,1-3H3,(H,24,27). The molecule has 0 bridgehead atoms. The van der Waals surface area contributed by atoms with Crippen molar-refractivity contribution in [2.75, 3.05) is 4.90 Å². The summed E-state index contributed by atoms with van der Waals surface area (Å²) in [6.07, 6.45) is -1.22. The molecule has 0 radical (unpaired) electrons. The molecule has 154 valence electrons. The zero-order valence-corrected chi connectivity index (χ0v) is 16.2. The molecule has 5 nitrogen and oxygen atoms in total. The van der Waals surface area contributed by atoms with Crippen molar-refractivity contribution in [3.05, 3.63) is 24.3 Å². The summed E-state index contributed by atoms with van der Waals surface area (Å²) in [6, 6.07) is 4.18. The molecular weight excluding hydrogens is 373 g/mol. The van der Waals surface area contributed by atoms with Gasteiger partial charge in [0.15, 0.2) is 0 Å². The van der Waals surface area contributed by atoms with Crippen molar-refractivity contribution in [2.24, 2.45) is 11.3 Å². The molecule has 3 rings (SSSR count). The van der Waals surface area contributed by atoms with Crippen LogP contribution in [0.2, 0.25) is 0 Å². The first-order chi connectivity index (χ1) is 12.9. The Kier molecular flexibility index (Phi) is 5.10. The van der Waals surface area contributed by atoms with Gasteiger partial charge in [0.05, 0.1) is 17.6 Å². The van der Waals surface area contributed by atoms with Crippen LogP contribution < -0.4 is 15.0 Å². The molecule has 1 saturated heterocycles. The zero-order valence-electron chi connectivity index (χ0n) is 16.2. The van der Waals surface area contributed by atoms with Crippen LogP contribution >= 0.6 is 0 Å². The van der Waals surface area contributed by atoms with Gasteiger partial charge in [0.1, 0.15) is 5.75 Å². The molecule has 2 aliphatic rings. The van der Waals surface area contributed by atoms with E-state index in [0.717, 1.165) is 42.7 Å². The quantitative estimate of drug-likeness (QED) is 0.762. The van der Waals surface area contributed by atoms with Crippen LogP contribution in [-0.2, 0) is 4.79 Å². The van der Waals surface area contributed by atoms with E-state index in [-0.39, 0.29) is 23.4 Å². The van der Waals surface area contributed by atoms with E-state index in [1.54, 1.807) is 0 Å². The second-order valence-corrected chi connectivity index (χ2v) is 8.80. The Hall–Kier alpha value is -2.25. The van der Waals surface area contributed by atoms with Crippen molar-refractivity contribution in [1.29, 1.82) is 0 Å². The summed E-state index contributed by atoms with van der Waals surface area (Å²) in [7, 11) is 0. The highest BCUT2D eigenvalue weighted by Crippen LogP contribution is 2.44. The molecular formula is C20H25F3N2O3. The van der Waals surface area contributed by atoms with E-state index in [1.807, 2.05) is 0 Å². The fraction of sp³-hybridized carbons (Fsp3) is 0.600. The lowest BCUT2D eigenvalue weighted by Gasteiger charge is -2.47. The highest BCUT2D eigenvalue weighted by molar-refractivity contribution is 6.16. The van der Waals surface area contributed by atoms with E-state index in [9.17, 15) is 22.8 Å². The van der Waals surface area contributed by atoms with E-state index in [2.05, 4.69) is 30.8 Å². The molecule has 0 atom stereocenters. The normalized spacial score (nSPS) is 26.4. The number of halogens is 3. The van der Waals surface area contributed by atoms with Gasteiger partial charge >= 0.3 is 12.4 Å². The van der Waals surface area contributed by atoms with E-state index >= 15 is 0 Å². The second-order valence-electron chi connectivity index (χ2n) is 8.80. The van der Waals surface area contributed by atoms with Crippen molar-refractivity contribution >= 4 is 17.6 Å². The lowest BCUT2D eigenvalue weighted by molar-refractivity contribution is -0.274. The van der Waals surface area contributed by atoms with Crippen LogP contribution in [0, 0.1) is 11.3 Å². The van der Waals surface area contributed by atoms with Gasteiger partial charge in [-0.1, -0.05) is 20.8 Å². The Balaban J connectivity index is 1.69. The fourth-order valence-electron chi connectivity index (χ4n) is 4.21. The molecule has 1 aliphatic heterocycles. The highest BCUT2D eigenvalue weighted by atomic mass is 19.4. The average Bonchev–Trinajstić information content (AvgIpc) is 2.54. The van der Waals surface area contributed by atoms with Crippen LogP contribution in [0.15, 0.2) is 24.3 Å². The summed E-state index contributed by atoms with van der Waals surface area (Å²) in [6.45, 7) is 6.61. The first-order valence-corrected chi connectivity index (χ1v) is 9.40. The van der Waals surface area contributed by atoms with Crippen molar-refractivity contribution in [3.63, 3.8) is 0 Å². The minimum Gasteiger partial charge on any atom is -0.406 e. The molecule has 1 aliphatic carbocycles. The number of nitrogens with zero attached hydrogens (tertiary/aromatic N) is 1. The highest BCUT2D eigenvalue weighted by Gasteiger charge is 2.46. The number of alkyl halides is 3. The SMILES string of the molecule is CC(C)(C)C1CCC2(CC1)CC(=O)N(c1ccc(OC(F)(F)F)cc1)C(=O)N2. The third kappa shape index (κ3) is 4.42. The van der Waals surface area contributed by atoms with Gasteiger partial charge in [0.25, 0.3) is 0 Å². The molecule has 1 heterocycles. The van der Waals surface area contributed by atoms with Gasteiger partial charge in [-0.25, -0.2) is 9.69 Å². The Morgan fingerprint density at radius 1 is 1.07 bits per heavy atom. The third-order valence-electron chi connectivity index (χ3n) is 5.81. The van der Waals surface area contributed by atoms with Gasteiger partial charge in [-0.15, -0.1) is 13.2 Å². The molecule has 2 fully saturated rings. The molecule has 1 aromatic rings. The Bertz CT molecular complexity index is 725. The number of imide groups is 1. The van der Waals surface area contributed by atoms with E-state index in [0.29, 0.717) is 5.92 Å². The summed E-state index contributed by atoms with van der Waals surface area (Å²) in [5.74, 6) is -0.204. The van der Waals surface area contributed by atoms with E-state index in [1.165, 1.54) is 12.1 Å². The van der Waals surface area contributed by atoms with Gasteiger partial charge < -0.3 is 10.1 Å². The van der Waals surface area contributed by atoms with E-state index < -0.39 is 23.7 Å². The van der Waals surface area contributed by atoms with Crippen LogP contribution in [0.4, 0.5) is 23.7 Å². The predicted molar refractivity (Wildman–Crippen MR) is 97.9 cm³/mol. The molecule has 28 heavy (non-hydrogen) atoms. The van der Waals surface area contributed by atoms with Gasteiger partial charge in [-0.05, 0) is 61.3 Å². The number of urea groups is 1. The molecule has 1 spiro atoms. The monoisotopic (exact) mass is 398 g/mol. The van der Waals surface area contributed by atoms with Gasteiger partial charge in [0.2, 0.25) is 5.91 Å². The lowest BCUT2D eigenvalue weighted by atomic mass is 9.66. The summed E-state index contributed by atoms with van der Waals surface area (Å²) < 4.78 is 40.6. The maximum atomic E-state index is 12.7. The van der Waals surface area contributed by atoms with Crippen molar-refractivity contribution in [3.8, 4) is 5.75 Å². The fourth-order valence-corrected chi connectivity index (χ4v) is 4.21. The van der Waals surface area contributed by atoms with Crippen LogP contribution in [0.1, 0.15) is 52.9 Å². The first kappa shape index (κ1) is 20.5. The minimum absolute atomic E-state index is 0.191. The van der Waals surface area contributed by atoms with Gasteiger partial charge in [-0.3, -0.25) is 4.79 Å². The Labute approximate surface area is 162 Å². The lowest BCUT2D eigenvalue weighted by Crippen LogP contribution is -2.63. The summed E-state index contributed by atoms with van der Waals surface area (Å²) in [5, 5.41) is 2.99. The molecule has 0 aromatic heterocycles. The third-order valence-corrected chi connectivity index (χ3v) is 5.81. The van der Waals surface area contributed by atoms with Crippen LogP contribution in [0.25, 0.3) is 0 Å². The maximum Gasteiger partial charge on any atom is 0.573 e. The number of carbonyl (C=O) groups excluding carboxylic acids is 2. The van der Waals surface area contributed by atoms with Crippen molar-refractivity contribution < 1.29 is 27.5 Å². The van der Waals surface area contributed by atoms with E-state index in [4.69, 9.17) is 0 Å². The molecule has 8 heteroatoms. The van der Waals surface area contributed by atoms with Crippen molar-refractivity contribution in [2.45, 2.75) is 64.8 Å². The Morgan fingerprint density at radius 3 is 2.11 bits per heavy atom. The number of ether oxygens (including phenoxy) is 1. The number of amides is 3. The number of hydrogen-bond donors (Lipinski definition) is 1. The average molecular weight is 398 g/mol. The zero-order chi connectivity index (χ0) is 20.7. The number of rotatable bonds is 2. The van der Waals surface area contributed by atoms with Gasteiger partial charge in [-0.2, -0.15) is 0 Å². The summed E-state index contributed by atoms with van der Waals surface area (Å²) in [5.41, 5.74) is -0.113. The summed E-state index contributed by atoms with van der Waals surface area (Å²) >= 11 is 0. The predicted octanol–water partition coefficient (Wildman–Crippen LogP) is 5.01. The smallest absolute Gasteiger partial charge is 0.406 e. The number of nitrogens with one attached hydrogen (secondary N) is 1.